The number of rotatable bonds is 13. The van der Waals surface area contributed by atoms with E-state index in [-0.39, 0.29) is 42.7 Å². The van der Waals surface area contributed by atoms with Gasteiger partial charge in [-0.3, -0.25) is 10.2 Å². The summed E-state index contributed by atoms with van der Waals surface area (Å²) in [6, 6.07) is 17.1. The van der Waals surface area contributed by atoms with Crippen LogP contribution in [0.3, 0.4) is 0 Å². The van der Waals surface area contributed by atoms with Crippen molar-refractivity contribution in [1.82, 2.24) is 10.4 Å². The van der Waals surface area contributed by atoms with Crippen molar-refractivity contribution in [2.24, 2.45) is 11.8 Å². The summed E-state index contributed by atoms with van der Waals surface area (Å²) in [5.74, 6) is -1.19. The second-order valence-electron chi connectivity index (χ2n) is 9.52. The molecule has 192 valence electrons. The van der Waals surface area contributed by atoms with Gasteiger partial charge in [0.05, 0.1) is 0 Å². The summed E-state index contributed by atoms with van der Waals surface area (Å²) in [5.41, 5.74) is 13.8. The van der Waals surface area contributed by atoms with Gasteiger partial charge in [-0.25, -0.2) is 9.80 Å². The van der Waals surface area contributed by atoms with E-state index < -0.39 is 24.0 Å². The molecule has 0 saturated heterocycles. The van der Waals surface area contributed by atoms with Crippen molar-refractivity contribution in [1.29, 1.82) is 0 Å². The van der Waals surface area contributed by atoms with Crippen LogP contribution in [0, 0.1) is 11.8 Å². The highest BCUT2D eigenvalue weighted by atomic mass is 16.5. The smallest absolute Gasteiger partial charge is 0.419 e. The summed E-state index contributed by atoms with van der Waals surface area (Å²) in [6.07, 6.45) is -0.148. The summed E-state index contributed by atoms with van der Waals surface area (Å²) in [6.45, 7) is 9.44. The van der Waals surface area contributed by atoms with Gasteiger partial charge in [0.15, 0.2) is 0 Å². The average Bonchev–Trinajstić information content (AvgIpc) is 2.85. The van der Waals surface area contributed by atoms with Crippen LogP contribution >= 0.6 is 0 Å². The first-order valence-electron chi connectivity index (χ1n) is 12.2. The minimum absolute atomic E-state index is 0.0442. The van der Waals surface area contributed by atoms with E-state index in [1.54, 1.807) is 30.3 Å². The first-order chi connectivity index (χ1) is 17.1. The fraction of sp³-hybridized carbons (Fsp3) is 0.429. The van der Waals surface area contributed by atoms with E-state index in [0.717, 1.165) is 5.56 Å². The van der Waals surface area contributed by atoms with Crippen molar-refractivity contribution in [3.05, 3.63) is 77.3 Å². The highest BCUT2D eigenvalue weighted by Gasteiger charge is 2.40. The van der Waals surface area contributed by atoms with Crippen LogP contribution in [0.2, 0.25) is 0 Å². The van der Waals surface area contributed by atoms with Crippen LogP contribution in [0.25, 0.3) is 5.53 Å². The van der Waals surface area contributed by atoms with Gasteiger partial charge in [-0.1, -0.05) is 76.2 Å². The number of hydrogen-bond donors (Lipinski definition) is 1. The molecule has 8 nitrogen and oxygen atoms in total. The van der Waals surface area contributed by atoms with Gasteiger partial charge in [0, 0.05) is 18.5 Å². The van der Waals surface area contributed by atoms with Gasteiger partial charge < -0.3 is 15.1 Å². The van der Waals surface area contributed by atoms with E-state index in [1.165, 1.54) is 11.9 Å². The Morgan fingerprint density at radius 3 is 2.00 bits per heavy atom. The monoisotopic (exact) mass is 492 g/mol. The summed E-state index contributed by atoms with van der Waals surface area (Å²) in [5, 5.41) is 1.53. The summed E-state index contributed by atoms with van der Waals surface area (Å²) >= 11 is 0. The normalized spacial score (nSPS) is 11.9. The average molecular weight is 493 g/mol. The van der Waals surface area contributed by atoms with Crippen LogP contribution in [0.15, 0.2) is 60.7 Å². The van der Waals surface area contributed by atoms with E-state index >= 15 is 0 Å². The van der Waals surface area contributed by atoms with Gasteiger partial charge >= 0.3 is 11.7 Å². The third-order valence-electron chi connectivity index (χ3n) is 5.81. The van der Waals surface area contributed by atoms with Crippen LogP contribution in [0.5, 0.6) is 0 Å². The van der Waals surface area contributed by atoms with Crippen LogP contribution in [0.1, 0.15) is 63.4 Å². The number of carbonyl (C=O) groups is 3. The standard InChI is InChI=1S/C28H36N4O4/c1-19(2)26(20(3)4)36-28(35)25(30-29)24(17-16-21(5)33)32(18-22-12-8-6-9-13-22)31-27(34)23-14-10-7-11-15-23/h6-15,19-20,24,26H,16-18H2,1-5H3,(H,31,34)/t24-/m1/s1. The lowest BCUT2D eigenvalue weighted by Gasteiger charge is -2.30. The summed E-state index contributed by atoms with van der Waals surface area (Å²) in [4.78, 5) is 41.5. The number of ketones is 1. The minimum Gasteiger partial charge on any atom is -0.453 e. The molecule has 2 aromatic carbocycles. The number of nitrogens with zero attached hydrogens (tertiary/aromatic N) is 3. The summed E-state index contributed by atoms with van der Waals surface area (Å²) < 4.78 is 5.75. The van der Waals surface area contributed by atoms with Gasteiger partial charge in [0.2, 0.25) is 0 Å². The zero-order valence-corrected chi connectivity index (χ0v) is 21.7. The Kier molecular flexibility index (Phi) is 11.2. The van der Waals surface area contributed by atoms with E-state index in [2.05, 4.69) is 10.2 Å². The summed E-state index contributed by atoms with van der Waals surface area (Å²) in [7, 11) is 0. The van der Waals surface area contributed by atoms with Gasteiger partial charge in [-0.05, 0) is 42.9 Å². The van der Waals surface area contributed by atoms with Gasteiger partial charge in [0.1, 0.15) is 17.9 Å². The Labute approximate surface area is 213 Å². The molecule has 0 bridgehead atoms. The molecule has 1 atom stereocenters. The van der Waals surface area contributed by atoms with Crippen LogP contribution in [-0.4, -0.2) is 45.3 Å². The molecule has 0 saturated carbocycles. The van der Waals surface area contributed by atoms with Crippen molar-refractivity contribution in [2.45, 2.75) is 66.2 Å². The zero-order valence-electron chi connectivity index (χ0n) is 21.7. The van der Waals surface area contributed by atoms with E-state index in [9.17, 15) is 19.9 Å². The lowest BCUT2D eigenvalue weighted by molar-refractivity contribution is -0.151. The van der Waals surface area contributed by atoms with Crippen molar-refractivity contribution >= 4 is 23.4 Å². The van der Waals surface area contributed by atoms with Crippen molar-refractivity contribution in [2.75, 3.05) is 0 Å². The first kappa shape index (κ1) is 28.6. The molecule has 0 fully saturated rings. The molecule has 1 N–H and O–H groups in total. The second kappa shape index (κ2) is 14.1. The van der Waals surface area contributed by atoms with Gasteiger partial charge in [-0.2, -0.15) is 4.79 Å². The Morgan fingerprint density at radius 2 is 1.50 bits per heavy atom. The molecular formula is C28H36N4O4. The molecule has 2 rings (SSSR count). The molecule has 0 radical (unpaired) electrons. The molecule has 1 amide bonds. The third-order valence-corrected chi connectivity index (χ3v) is 5.81. The molecule has 0 aliphatic heterocycles. The molecular weight excluding hydrogens is 456 g/mol. The van der Waals surface area contributed by atoms with Crippen LogP contribution in [0.4, 0.5) is 0 Å². The fourth-order valence-corrected chi connectivity index (χ4v) is 4.04. The maximum absolute atomic E-state index is 13.3. The topological polar surface area (TPSA) is 112 Å². The highest BCUT2D eigenvalue weighted by molar-refractivity contribution is 6.36. The SMILES string of the molecule is CC(=O)CC[C@H](C(=[N+]=[N-])C(=O)OC(C(C)C)C(C)C)N(Cc1ccccc1)NC(=O)c1ccccc1. The number of nitrogens with one attached hydrogen (secondary N) is 1. The Balaban J connectivity index is 2.46. The Bertz CT molecular complexity index is 1060. The molecule has 0 heterocycles. The first-order valence-corrected chi connectivity index (χ1v) is 12.2. The van der Waals surface area contributed by atoms with Crippen LogP contribution < -0.4 is 5.43 Å². The number of hydrazine groups is 1. The minimum atomic E-state index is -0.917. The number of benzene rings is 2. The third kappa shape index (κ3) is 8.56. The fourth-order valence-electron chi connectivity index (χ4n) is 4.04. The van der Waals surface area contributed by atoms with Crippen molar-refractivity contribution in [3.63, 3.8) is 0 Å². The van der Waals surface area contributed by atoms with Gasteiger partial charge in [0.25, 0.3) is 5.91 Å². The van der Waals surface area contributed by atoms with E-state index in [4.69, 9.17) is 4.74 Å². The highest BCUT2D eigenvalue weighted by Crippen LogP contribution is 2.19. The van der Waals surface area contributed by atoms with Gasteiger partial charge in [-0.15, -0.1) is 0 Å². The molecule has 0 spiro atoms. The predicted octanol–water partition coefficient (Wildman–Crippen LogP) is 4.47. The van der Waals surface area contributed by atoms with Crippen molar-refractivity contribution in [3.8, 4) is 0 Å². The lowest BCUT2D eigenvalue weighted by atomic mass is 9.96. The second-order valence-corrected chi connectivity index (χ2v) is 9.52. The van der Waals surface area contributed by atoms with Crippen LogP contribution in [-0.2, 0) is 20.9 Å². The quantitative estimate of drug-likeness (QED) is 0.146. The molecule has 0 aliphatic carbocycles. The molecule has 0 aliphatic rings. The number of carbonyl (C=O) groups excluding carboxylic acids is 3. The predicted molar refractivity (Wildman–Crippen MR) is 138 cm³/mol. The number of Topliss-reactive ketones (excluding diaryl/α,β-unsaturated/α-hetero) is 1. The Hall–Kier alpha value is -3.61. The molecule has 36 heavy (non-hydrogen) atoms. The van der Waals surface area contributed by atoms with E-state index in [1.807, 2.05) is 58.0 Å². The number of ether oxygens (including phenoxy) is 1. The molecule has 2 aromatic rings. The maximum Gasteiger partial charge on any atom is 0.419 e. The number of amides is 1. The number of hydrogen-bond acceptors (Lipinski definition) is 5. The zero-order chi connectivity index (χ0) is 26.7. The number of esters is 1. The maximum atomic E-state index is 13.3. The lowest BCUT2D eigenvalue weighted by Crippen LogP contribution is -2.54. The molecule has 0 unspecified atom stereocenters. The van der Waals surface area contributed by atoms with E-state index in [0.29, 0.717) is 5.56 Å². The molecule has 0 aromatic heterocycles. The largest absolute Gasteiger partial charge is 0.453 e. The Morgan fingerprint density at radius 1 is 0.944 bits per heavy atom. The van der Waals surface area contributed by atoms with Crippen molar-refractivity contribution < 1.29 is 23.9 Å². The molecule has 8 heteroatoms.